The lowest BCUT2D eigenvalue weighted by Gasteiger charge is -2.31. The average molecular weight is 419 g/mol. The van der Waals surface area contributed by atoms with Crippen LogP contribution in [-0.4, -0.2) is 43.8 Å². The van der Waals surface area contributed by atoms with Crippen LogP contribution in [0.2, 0.25) is 0 Å². The Labute approximate surface area is 181 Å². The molecule has 2 saturated carbocycles. The third-order valence-corrected chi connectivity index (χ3v) is 7.48. The zero-order chi connectivity index (χ0) is 21.0. The van der Waals surface area contributed by atoms with Crippen LogP contribution in [0.4, 0.5) is 0 Å². The maximum atomic E-state index is 12.7. The van der Waals surface area contributed by atoms with E-state index in [1.54, 1.807) is 0 Å². The predicted octanol–water partition coefficient (Wildman–Crippen LogP) is 4.81. The van der Waals surface area contributed by atoms with Crippen LogP contribution in [0.5, 0.6) is 0 Å². The summed E-state index contributed by atoms with van der Waals surface area (Å²) < 4.78 is 24.3. The molecule has 0 aromatic rings. The second-order valence-electron chi connectivity index (χ2n) is 9.61. The molecule has 0 radical (unpaired) electrons. The molecule has 2 saturated heterocycles. The molecule has 0 bridgehead atoms. The Hall–Kier alpha value is -1.01. The quantitative estimate of drug-likeness (QED) is 0.306. The van der Waals surface area contributed by atoms with Gasteiger partial charge in [0.25, 0.3) is 0 Å². The summed E-state index contributed by atoms with van der Waals surface area (Å²) in [6, 6.07) is 0. The maximum Gasteiger partial charge on any atom is 0.169 e. The minimum Gasteiger partial charge on any atom is -0.353 e. The summed E-state index contributed by atoms with van der Waals surface area (Å²) in [6.45, 7) is 7.96. The smallest absolute Gasteiger partial charge is 0.169 e. The van der Waals surface area contributed by atoms with Crippen LogP contribution >= 0.6 is 0 Å². The largest absolute Gasteiger partial charge is 0.353 e. The monoisotopic (exact) mass is 418 g/mol. The van der Waals surface area contributed by atoms with Crippen molar-refractivity contribution in [2.75, 3.05) is 19.8 Å². The lowest BCUT2D eigenvalue weighted by molar-refractivity contribution is -0.197. The number of hydrogen-bond donors (Lipinski definition) is 0. The average Bonchev–Trinajstić information content (AvgIpc) is 3.43. The van der Waals surface area contributed by atoms with Crippen LogP contribution in [0, 0.1) is 23.7 Å². The molecule has 5 nitrogen and oxygen atoms in total. The molecule has 4 fully saturated rings. The molecule has 2 aliphatic heterocycles. The molecule has 0 aromatic heterocycles. The first-order valence-corrected chi connectivity index (χ1v) is 12.0. The highest BCUT2D eigenvalue weighted by Crippen LogP contribution is 2.55. The summed E-state index contributed by atoms with van der Waals surface area (Å²) in [5, 5.41) is 0. The van der Waals surface area contributed by atoms with E-state index in [0.29, 0.717) is 25.0 Å². The number of ether oxygens (including phenoxy) is 4. The van der Waals surface area contributed by atoms with E-state index in [9.17, 15) is 4.79 Å². The van der Waals surface area contributed by atoms with Crippen LogP contribution < -0.4 is 0 Å². The molecule has 1 spiro atoms. The predicted molar refractivity (Wildman–Crippen MR) is 115 cm³/mol. The molecule has 0 aromatic carbocycles. The highest BCUT2D eigenvalue weighted by molar-refractivity contribution is 5.91. The fourth-order valence-corrected chi connectivity index (χ4v) is 5.84. The van der Waals surface area contributed by atoms with E-state index in [2.05, 4.69) is 12.7 Å². The minimum atomic E-state index is -0.393. The molecule has 2 aliphatic carbocycles. The Morgan fingerprint density at radius 2 is 2.07 bits per heavy atom. The minimum absolute atomic E-state index is 0.0517. The van der Waals surface area contributed by atoms with E-state index >= 15 is 0 Å². The maximum absolute atomic E-state index is 12.7. The van der Waals surface area contributed by atoms with Gasteiger partial charge in [0.2, 0.25) is 0 Å². The van der Waals surface area contributed by atoms with Crippen molar-refractivity contribution in [2.45, 2.75) is 82.9 Å². The molecule has 4 rings (SSSR count). The van der Waals surface area contributed by atoms with Crippen molar-refractivity contribution < 1.29 is 23.7 Å². The van der Waals surface area contributed by atoms with Crippen LogP contribution in [0.15, 0.2) is 24.8 Å². The lowest BCUT2D eigenvalue weighted by Crippen LogP contribution is -2.33. The Kier molecular flexibility index (Phi) is 7.45. The van der Waals surface area contributed by atoms with Gasteiger partial charge in [0.05, 0.1) is 19.3 Å². The first-order valence-electron chi connectivity index (χ1n) is 12.0. The lowest BCUT2D eigenvalue weighted by atomic mass is 9.89. The van der Waals surface area contributed by atoms with Crippen molar-refractivity contribution in [1.29, 1.82) is 0 Å². The van der Waals surface area contributed by atoms with Crippen LogP contribution in [0.3, 0.4) is 0 Å². The van der Waals surface area contributed by atoms with Gasteiger partial charge in [0, 0.05) is 31.3 Å². The van der Waals surface area contributed by atoms with Crippen molar-refractivity contribution >= 4 is 5.78 Å². The van der Waals surface area contributed by atoms with Gasteiger partial charge in [-0.3, -0.25) is 4.79 Å². The molecule has 2 heterocycles. The molecule has 0 amide bonds. The molecule has 5 heteroatoms. The first-order chi connectivity index (χ1) is 14.6. The molecule has 6 atom stereocenters. The van der Waals surface area contributed by atoms with Gasteiger partial charge in [-0.25, -0.2) is 0 Å². The van der Waals surface area contributed by atoms with Gasteiger partial charge < -0.3 is 18.9 Å². The summed E-state index contributed by atoms with van der Waals surface area (Å²) in [5.74, 6) is 1.06. The summed E-state index contributed by atoms with van der Waals surface area (Å²) in [6.07, 6.45) is 14.9. The van der Waals surface area contributed by atoms with Gasteiger partial charge in [-0.05, 0) is 62.9 Å². The number of hydrogen-bond acceptors (Lipinski definition) is 5. The van der Waals surface area contributed by atoms with Gasteiger partial charge in [0.1, 0.15) is 0 Å². The highest BCUT2D eigenvalue weighted by Gasteiger charge is 2.56. The zero-order valence-corrected chi connectivity index (χ0v) is 18.4. The molecule has 30 heavy (non-hydrogen) atoms. The third kappa shape index (κ3) is 5.07. The Bertz CT molecular complexity index is 617. The van der Waals surface area contributed by atoms with Crippen LogP contribution in [0.1, 0.15) is 64.7 Å². The van der Waals surface area contributed by atoms with Crippen molar-refractivity contribution in [2.24, 2.45) is 23.7 Å². The number of fused-ring (bicyclic) bond motifs is 1. The normalized spacial score (nSPS) is 36.4. The van der Waals surface area contributed by atoms with E-state index in [1.807, 2.05) is 19.1 Å². The summed E-state index contributed by atoms with van der Waals surface area (Å²) in [5.41, 5.74) is 0. The number of rotatable bonds is 9. The number of unbranched alkanes of at least 4 members (excludes halogenated alkanes) is 1. The van der Waals surface area contributed by atoms with E-state index in [4.69, 9.17) is 18.9 Å². The summed E-state index contributed by atoms with van der Waals surface area (Å²) in [7, 11) is 0. The number of allylic oxidation sites excluding steroid dienone is 2. The van der Waals surface area contributed by atoms with Crippen molar-refractivity contribution in [3.63, 3.8) is 0 Å². The fraction of sp³-hybridized carbons (Fsp3) is 0.800. The Morgan fingerprint density at radius 3 is 2.80 bits per heavy atom. The molecule has 168 valence electrons. The van der Waals surface area contributed by atoms with E-state index in [0.717, 1.165) is 64.4 Å². The number of ketones is 1. The van der Waals surface area contributed by atoms with Gasteiger partial charge >= 0.3 is 0 Å². The second-order valence-corrected chi connectivity index (χ2v) is 9.61. The topological polar surface area (TPSA) is 54.0 Å². The first kappa shape index (κ1) is 22.2. The van der Waals surface area contributed by atoms with Crippen LogP contribution in [-0.2, 0) is 23.7 Å². The highest BCUT2D eigenvalue weighted by atomic mass is 16.7. The van der Waals surface area contributed by atoms with Crippen molar-refractivity contribution in [3.05, 3.63) is 24.8 Å². The Balaban J connectivity index is 1.42. The number of carbonyl (C=O) groups is 1. The second kappa shape index (κ2) is 10.1. The van der Waals surface area contributed by atoms with Gasteiger partial charge in [-0.1, -0.05) is 19.1 Å². The summed E-state index contributed by atoms with van der Waals surface area (Å²) >= 11 is 0. The van der Waals surface area contributed by atoms with Gasteiger partial charge in [-0.15, -0.1) is 6.58 Å². The van der Waals surface area contributed by atoms with E-state index in [1.165, 1.54) is 0 Å². The van der Waals surface area contributed by atoms with Crippen molar-refractivity contribution in [1.82, 2.24) is 0 Å². The van der Waals surface area contributed by atoms with Gasteiger partial charge in [0.15, 0.2) is 17.9 Å². The van der Waals surface area contributed by atoms with E-state index < -0.39 is 5.79 Å². The standard InChI is InChI=1S/C25H38O5/c1-3-4-5-8-18(2)22(26)11-10-20-21-17-25(28-13-14-29-25)16-19(21)15-23(20)30-24-9-6-7-12-27-24/h3,10-11,18-21,23-24H,1,4-9,12-17H2,2H3/t18?,19-,20+,21+,23+,24?/m0/s1. The molecule has 0 N–H and O–H groups in total. The molecular formula is C25H38O5. The zero-order valence-electron chi connectivity index (χ0n) is 18.4. The Morgan fingerprint density at radius 1 is 1.23 bits per heavy atom. The SMILES string of the molecule is C=CCCCC(C)C(=O)C=C[C@@H]1[C@@H]2CC3(C[C@@H]2C[C@H]1OC1CCCCO1)OCCO3. The summed E-state index contributed by atoms with van der Waals surface area (Å²) in [4.78, 5) is 12.7. The van der Waals surface area contributed by atoms with Gasteiger partial charge in [-0.2, -0.15) is 0 Å². The molecule has 4 aliphatic rings. The molecular weight excluding hydrogens is 380 g/mol. The number of carbonyl (C=O) groups excluding carboxylic acids is 1. The molecule has 2 unspecified atom stereocenters. The fourth-order valence-electron chi connectivity index (χ4n) is 5.84. The van der Waals surface area contributed by atoms with Crippen molar-refractivity contribution in [3.8, 4) is 0 Å². The third-order valence-electron chi connectivity index (χ3n) is 7.48. The van der Waals surface area contributed by atoms with E-state index in [-0.39, 0.29) is 30.0 Å². The van der Waals surface area contributed by atoms with Crippen LogP contribution in [0.25, 0.3) is 0 Å².